The molecule has 0 amide bonds. The van der Waals surface area contributed by atoms with Gasteiger partial charge in [-0.15, -0.1) is 10.2 Å². The SMILES string of the molecule is Cc1nc(CC2CCN(c3ccc(-c4ccccc4)nn3)CC2)nc([C]=O)c1O. The number of hydrogen-bond donors (Lipinski definition) is 1. The van der Waals surface area contributed by atoms with Crippen LogP contribution in [0.4, 0.5) is 5.82 Å². The van der Waals surface area contributed by atoms with E-state index in [2.05, 4.69) is 25.1 Å². The van der Waals surface area contributed by atoms with Gasteiger partial charge in [-0.25, -0.2) is 9.97 Å². The van der Waals surface area contributed by atoms with Gasteiger partial charge >= 0.3 is 0 Å². The summed E-state index contributed by atoms with van der Waals surface area (Å²) in [5.74, 6) is 1.71. The number of aromatic nitrogens is 4. The van der Waals surface area contributed by atoms with Gasteiger partial charge in [0.15, 0.2) is 17.3 Å². The Hall–Kier alpha value is -3.35. The Bertz CT molecular complexity index is 984. The van der Waals surface area contributed by atoms with Gasteiger partial charge in [0.1, 0.15) is 5.82 Å². The van der Waals surface area contributed by atoms with Crippen molar-refractivity contribution >= 4 is 12.1 Å². The second-order valence-electron chi connectivity index (χ2n) is 7.30. The Morgan fingerprint density at radius 3 is 2.48 bits per heavy atom. The van der Waals surface area contributed by atoms with Crippen LogP contribution in [0.3, 0.4) is 0 Å². The number of aromatic hydroxyl groups is 1. The number of rotatable bonds is 5. The lowest BCUT2D eigenvalue weighted by Crippen LogP contribution is -2.35. The van der Waals surface area contributed by atoms with Crippen molar-refractivity contribution < 1.29 is 9.90 Å². The predicted molar refractivity (Wildman–Crippen MR) is 109 cm³/mol. The molecule has 0 saturated carbocycles. The quantitative estimate of drug-likeness (QED) is 0.718. The van der Waals surface area contributed by atoms with Crippen LogP contribution in [0.2, 0.25) is 0 Å². The lowest BCUT2D eigenvalue weighted by atomic mass is 9.93. The molecule has 1 N–H and O–H groups in total. The number of hydrogen-bond acceptors (Lipinski definition) is 7. The van der Waals surface area contributed by atoms with E-state index >= 15 is 0 Å². The van der Waals surface area contributed by atoms with Crippen molar-refractivity contribution in [2.75, 3.05) is 18.0 Å². The van der Waals surface area contributed by atoms with Gasteiger partial charge in [0, 0.05) is 25.1 Å². The molecule has 1 saturated heterocycles. The first-order chi connectivity index (χ1) is 14.1. The third-order valence-corrected chi connectivity index (χ3v) is 5.33. The molecule has 29 heavy (non-hydrogen) atoms. The van der Waals surface area contributed by atoms with E-state index in [-0.39, 0.29) is 11.4 Å². The van der Waals surface area contributed by atoms with Gasteiger partial charge in [0.2, 0.25) is 0 Å². The summed E-state index contributed by atoms with van der Waals surface area (Å²) in [5.41, 5.74) is 2.28. The Morgan fingerprint density at radius 2 is 1.83 bits per heavy atom. The summed E-state index contributed by atoms with van der Waals surface area (Å²) in [6, 6.07) is 14.0. The Kier molecular flexibility index (Phi) is 5.46. The molecule has 1 fully saturated rings. The number of anilines is 1. The molecule has 147 valence electrons. The highest BCUT2D eigenvalue weighted by Gasteiger charge is 2.22. The van der Waals surface area contributed by atoms with Gasteiger partial charge in [0.25, 0.3) is 6.29 Å². The Labute approximate surface area is 169 Å². The summed E-state index contributed by atoms with van der Waals surface area (Å²) in [5, 5.41) is 18.6. The molecule has 1 radical (unpaired) electrons. The zero-order valence-corrected chi connectivity index (χ0v) is 16.2. The third kappa shape index (κ3) is 4.23. The van der Waals surface area contributed by atoms with Crippen LogP contribution >= 0.6 is 0 Å². The summed E-state index contributed by atoms with van der Waals surface area (Å²) in [6.45, 7) is 3.43. The van der Waals surface area contributed by atoms with Crippen LogP contribution in [0.1, 0.15) is 30.1 Å². The van der Waals surface area contributed by atoms with Crippen LogP contribution in [0, 0.1) is 12.8 Å². The second kappa shape index (κ2) is 8.34. The lowest BCUT2D eigenvalue weighted by Gasteiger charge is -2.32. The van der Waals surface area contributed by atoms with Crippen LogP contribution in [-0.2, 0) is 11.2 Å². The Balaban J connectivity index is 1.37. The maximum absolute atomic E-state index is 10.9. The fourth-order valence-corrected chi connectivity index (χ4v) is 3.67. The summed E-state index contributed by atoms with van der Waals surface area (Å²) >= 11 is 0. The van der Waals surface area contributed by atoms with E-state index in [1.54, 1.807) is 13.2 Å². The van der Waals surface area contributed by atoms with Crippen molar-refractivity contribution in [3.63, 3.8) is 0 Å². The molecule has 7 nitrogen and oxygen atoms in total. The van der Waals surface area contributed by atoms with Crippen molar-refractivity contribution in [1.82, 2.24) is 20.2 Å². The molecule has 4 rings (SSSR count). The maximum atomic E-state index is 10.9. The molecule has 7 heteroatoms. The van der Waals surface area contributed by atoms with E-state index in [9.17, 15) is 9.90 Å². The highest BCUT2D eigenvalue weighted by Crippen LogP contribution is 2.26. The highest BCUT2D eigenvalue weighted by atomic mass is 16.3. The average Bonchev–Trinajstić information content (AvgIpc) is 2.77. The number of nitrogens with zero attached hydrogens (tertiary/aromatic N) is 5. The molecule has 0 spiro atoms. The monoisotopic (exact) mass is 388 g/mol. The minimum absolute atomic E-state index is 0.0567. The van der Waals surface area contributed by atoms with Crippen molar-refractivity contribution in [3.8, 4) is 17.0 Å². The summed E-state index contributed by atoms with van der Waals surface area (Å²) in [6.07, 6.45) is 4.32. The van der Waals surface area contributed by atoms with E-state index in [1.807, 2.05) is 42.5 Å². The van der Waals surface area contributed by atoms with Crippen molar-refractivity contribution in [1.29, 1.82) is 0 Å². The van der Waals surface area contributed by atoms with Gasteiger partial charge < -0.3 is 10.0 Å². The van der Waals surface area contributed by atoms with Crippen molar-refractivity contribution in [2.45, 2.75) is 26.2 Å². The fraction of sp³-hybridized carbons (Fsp3) is 0.318. The molecule has 0 unspecified atom stereocenters. The molecule has 1 aliphatic rings. The Morgan fingerprint density at radius 1 is 1.07 bits per heavy atom. The topological polar surface area (TPSA) is 92.1 Å². The van der Waals surface area contributed by atoms with Gasteiger partial charge in [-0.2, -0.15) is 0 Å². The normalized spacial score (nSPS) is 14.7. The molecular formula is C22H22N5O2. The number of benzene rings is 1. The van der Waals surface area contributed by atoms with Gasteiger partial charge in [0.05, 0.1) is 11.4 Å². The van der Waals surface area contributed by atoms with Crippen LogP contribution in [0.5, 0.6) is 5.75 Å². The van der Waals surface area contributed by atoms with E-state index in [0.717, 1.165) is 43.0 Å². The largest absolute Gasteiger partial charge is 0.504 e. The smallest absolute Gasteiger partial charge is 0.257 e. The zero-order valence-electron chi connectivity index (χ0n) is 16.2. The second-order valence-corrected chi connectivity index (χ2v) is 7.30. The molecule has 0 aliphatic carbocycles. The fourth-order valence-electron chi connectivity index (χ4n) is 3.67. The molecule has 1 aliphatic heterocycles. The molecular weight excluding hydrogens is 366 g/mol. The highest BCUT2D eigenvalue weighted by molar-refractivity contribution is 5.76. The molecule has 0 bridgehead atoms. The van der Waals surface area contributed by atoms with E-state index in [0.29, 0.717) is 23.9 Å². The molecule has 3 aromatic rings. The minimum Gasteiger partial charge on any atom is -0.504 e. The van der Waals surface area contributed by atoms with Crippen LogP contribution in [-0.4, -0.2) is 44.6 Å². The van der Waals surface area contributed by atoms with Crippen LogP contribution < -0.4 is 4.90 Å². The first kappa shape index (κ1) is 19.0. The van der Waals surface area contributed by atoms with Gasteiger partial charge in [-0.3, -0.25) is 4.79 Å². The minimum atomic E-state index is -0.184. The predicted octanol–water partition coefficient (Wildman–Crippen LogP) is 2.86. The number of piperidine rings is 1. The van der Waals surface area contributed by atoms with Gasteiger partial charge in [-0.05, 0) is 37.8 Å². The van der Waals surface area contributed by atoms with Crippen LogP contribution in [0.25, 0.3) is 11.3 Å². The maximum Gasteiger partial charge on any atom is 0.257 e. The molecule has 0 atom stereocenters. The number of carbonyl (C=O) groups excluding carboxylic acids is 1. The van der Waals surface area contributed by atoms with E-state index in [4.69, 9.17) is 0 Å². The summed E-state index contributed by atoms with van der Waals surface area (Å²) < 4.78 is 0. The molecule has 1 aromatic carbocycles. The van der Waals surface area contributed by atoms with Crippen molar-refractivity contribution in [3.05, 3.63) is 59.7 Å². The first-order valence-corrected chi connectivity index (χ1v) is 9.73. The lowest BCUT2D eigenvalue weighted by molar-refractivity contribution is 0.392. The van der Waals surface area contributed by atoms with E-state index < -0.39 is 0 Å². The standard InChI is InChI=1S/C22H22N5O2/c1-15-22(29)19(14-28)24-20(23-15)13-16-9-11-27(12-10-16)21-8-7-18(25-26-21)17-5-3-2-4-6-17/h2-8,16,29H,9-13H2,1H3. The zero-order chi connectivity index (χ0) is 20.2. The first-order valence-electron chi connectivity index (χ1n) is 9.73. The molecule has 2 aromatic heterocycles. The average molecular weight is 388 g/mol. The third-order valence-electron chi connectivity index (χ3n) is 5.33. The van der Waals surface area contributed by atoms with Gasteiger partial charge in [-0.1, -0.05) is 30.3 Å². The van der Waals surface area contributed by atoms with Crippen LogP contribution in [0.15, 0.2) is 42.5 Å². The molecule has 3 heterocycles. The number of aryl methyl sites for hydroxylation is 1. The van der Waals surface area contributed by atoms with E-state index in [1.165, 1.54) is 0 Å². The van der Waals surface area contributed by atoms with Crippen molar-refractivity contribution in [2.24, 2.45) is 5.92 Å². The summed E-state index contributed by atoms with van der Waals surface area (Å²) in [7, 11) is 0. The summed E-state index contributed by atoms with van der Waals surface area (Å²) in [4.78, 5) is 21.6.